The summed E-state index contributed by atoms with van der Waals surface area (Å²) in [7, 11) is 6.60. The number of fused-ring (bicyclic) bond motifs is 1. The Hall–Kier alpha value is -8.51. The quantitative estimate of drug-likeness (QED) is 0.0589. The molecule has 378 valence electrons. The van der Waals surface area contributed by atoms with Crippen LogP contribution in [0.5, 0.6) is 23.0 Å². The van der Waals surface area contributed by atoms with Crippen molar-refractivity contribution < 1.29 is 38.3 Å². The molecule has 13 nitrogen and oxygen atoms in total. The third-order valence-corrected chi connectivity index (χ3v) is 13.7. The second kappa shape index (κ2) is 22.7. The summed E-state index contributed by atoms with van der Waals surface area (Å²) >= 11 is 0. The number of imidazole rings is 1. The van der Waals surface area contributed by atoms with Crippen LogP contribution in [-0.4, -0.2) is 78.4 Å². The van der Waals surface area contributed by atoms with Gasteiger partial charge in [-0.05, 0) is 93.5 Å². The van der Waals surface area contributed by atoms with Gasteiger partial charge in [-0.15, -0.1) is 0 Å². The Morgan fingerprint density at radius 2 is 1.04 bits per heavy atom. The monoisotopic (exact) mass is 999 g/mol. The first-order chi connectivity index (χ1) is 36.9. The predicted octanol–water partition coefficient (Wildman–Crippen LogP) is 10.5. The van der Waals surface area contributed by atoms with Crippen molar-refractivity contribution in [2.75, 3.05) is 46.9 Å². The molecule has 2 aromatic heterocycles. The van der Waals surface area contributed by atoms with Crippen LogP contribution in [0.3, 0.4) is 0 Å². The van der Waals surface area contributed by atoms with Gasteiger partial charge in [0.15, 0.2) is 17.0 Å². The molecular weight excluding hydrogens is 943 g/mol. The lowest BCUT2D eigenvalue weighted by molar-refractivity contribution is -0.0931. The zero-order chi connectivity index (χ0) is 51.6. The average molecular weight is 1000 g/mol. The van der Waals surface area contributed by atoms with E-state index in [9.17, 15) is 5.11 Å². The van der Waals surface area contributed by atoms with E-state index >= 15 is 0 Å². The maximum atomic E-state index is 11.6. The Balaban J connectivity index is 0.861. The van der Waals surface area contributed by atoms with Crippen molar-refractivity contribution in [2.45, 2.75) is 42.7 Å². The molecular formula is C62H57N5O8. The lowest BCUT2D eigenvalue weighted by Crippen LogP contribution is -2.38. The number of aromatic nitrogens is 4. The lowest BCUT2D eigenvalue weighted by atomic mass is 9.80. The topological polar surface area (TPSA) is 140 Å². The molecule has 9 aromatic rings. The van der Waals surface area contributed by atoms with Gasteiger partial charge in [-0.1, -0.05) is 139 Å². The fourth-order valence-electron chi connectivity index (χ4n) is 9.81. The third kappa shape index (κ3) is 10.2. The van der Waals surface area contributed by atoms with Gasteiger partial charge in [-0.2, -0.15) is 0 Å². The van der Waals surface area contributed by atoms with E-state index in [4.69, 9.17) is 38.1 Å². The summed E-state index contributed by atoms with van der Waals surface area (Å²) in [5.74, 6) is 10.1. The number of nitrogens with zero attached hydrogens (tertiary/aromatic N) is 4. The Labute approximate surface area is 436 Å². The second-order valence-electron chi connectivity index (χ2n) is 17.9. The van der Waals surface area contributed by atoms with Crippen LogP contribution in [-0.2, 0) is 32.0 Å². The minimum absolute atomic E-state index is 0.0617. The summed E-state index contributed by atoms with van der Waals surface area (Å²) in [5.41, 5.74) is 6.25. The number of benzene rings is 7. The van der Waals surface area contributed by atoms with E-state index in [1.54, 1.807) is 34.8 Å². The van der Waals surface area contributed by atoms with Gasteiger partial charge in [0.2, 0.25) is 0 Å². The number of rotatable bonds is 19. The maximum Gasteiger partial charge on any atom is 0.167 e. The van der Waals surface area contributed by atoms with Crippen molar-refractivity contribution in [2.24, 2.45) is 0 Å². The predicted molar refractivity (Wildman–Crippen MR) is 287 cm³/mol. The van der Waals surface area contributed by atoms with E-state index in [0.29, 0.717) is 17.0 Å². The third-order valence-electron chi connectivity index (χ3n) is 13.7. The van der Waals surface area contributed by atoms with E-state index in [0.717, 1.165) is 67.5 Å². The highest BCUT2D eigenvalue weighted by Gasteiger charge is 2.43. The van der Waals surface area contributed by atoms with Crippen LogP contribution >= 0.6 is 0 Å². The van der Waals surface area contributed by atoms with E-state index in [-0.39, 0.29) is 26.2 Å². The van der Waals surface area contributed by atoms with Crippen LogP contribution in [0.25, 0.3) is 11.2 Å². The second-order valence-corrected chi connectivity index (χ2v) is 17.9. The highest BCUT2D eigenvalue weighted by molar-refractivity contribution is 5.82. The molecule has 0 saturated carbocycles. The number of nitrogens with one attached hydrogen (secondary N) is 1. The Bertz CT molecular complexity index is 3270. The number of ether oxygens (including phenoxy) is 7. The molecule has 75 heavy (non-hydrogen) atoms. The smallest absolute Gasteiger partial charge is 0.167 e. The standard InChI is InChI=1S/C62H57N5O8/c1-69-51-29-21-47(22-30-51)61(45-17-7-5-8-18-45,48-23-31-52(70-2)32-24-48)73-39-44-15-12-11-14-43(44)16-13-37-63-59-58-60(65-41-64-59)67(42-66-58)57-38-55(68)56(75-57)40-74-62(46-19-9-6-10-20-46,49-25-33-53(71-3)34-26-49)50-27-35-54(72-4)36-28-50/h5-12,14-15,17-36,41-42,55-57,68H,37-40H2,1-4H3,(H,63,64,65)/t55-,56+,57+/m0/s1. The van der Waals surface area contributed by atoms with Gasteiger partial charge in [0.05, 0.1) is 60.6 Å². The van der Waals surface area contributed by atoms with Crippen molar-refractivity contribution in [3.8, 4) is 34.8 Å². The zero-order valence-electron chi connectivity index (χ0n) is 42.1. The van der Waals surface area contributed by atoms with Crippen molar-refractivity contribution in [1.29, 1.82) is 0 Å². The molecule has 0 unspecified atom stereocenters. The van der Waals surface area contributed by atoms with Gasteiger partial charge in [0, 0.05) is 12.0 Å². The normalized spacial score (nSPS) is 15.5. The fourth-order valence-corrected chi connectivity index (χ4v) is 9.81. The highest BCUT2D eigenvalue weighted by atomic mass is 16.6. The first-order valence-electron chi connectivity index (χ1n) is 24.7. The number of anilines is 1. The summed E-state index contributed by atoms with van der Waals surface area (Å²) in [6.07, 6.45) is 1.32. The molecule has 0 radical (unpaired) electrons. The molecule has 1 aliphatic rings. The number of hydrogen-bond acceptors (Lipinski definition) is 12. The molecule has 7 aromatic carbocycles. The van der Waals surface area contributed by atoms with Crippen LogP contribution in [0.4, 0.5) is 5.82 Å². The van der Waals surface area contributed by atoms with Crippen LogP contribution in [0.2, 0.25) is 0 Å². The van der Waals surface area contributed by atoms with Crippen LogP contribution in [0.15, 0.2) is 195 Å². The van der Waals surface area contributed by atoms with Crippen molar-refractivity contribution in [1.82, 2.24) is 19.5 Å². The SMILES string of the molecule is COc1ccc(C(OCc2ccccc2C#CCNc2ncnc3c2ncn3[C@H]2C[C@H](O)[C@@H](COC(c3ccccc3)(c3ccc(OC)cc3)c3ccc(OC)cc3)O2)(c2ccccc2)c2ccc(OC)cc2)cc1. The van der Waals surface area contributed by atoms with Gasteiger partial charge < -0.3 is 43.6 Å². The number of methoxy groups -OCH3 is 4. The molecule has 2 N–H and O–H groups in total. The van der Waals surface area contributed by atoms with E-state index in [2.05, 4.69) is 39.3 Å². The summed E-state index contributed by atoms with van der Waals surface area (Å²) in [6, 6.07) is 59.9. The lowest BCUT2D eigenvalue weighted by Gasteiger charge is -2.37. The summed E-state index contributed by atoms with van der Waals surface area (Å²) in [4.78, 5) is 13.9. The molecule has 10 rings (SSSR count). The number of aliphatic hydroxyl groups is 1. The summed E-state index contributed by atoms with van der Waals surface area (Å²) < 4.78 is 44.9. The van der Waals surface area contributed by atoms with Gasteiger partial charge in [-0.25, -0.2) is 15.0 Å². The van der Waals surface area contributed by atoms with E-state index < -0.39 is 29.6 Å². The van der Waals surface area contributed by atoms with Gasteiger partial charge in [0.1, 0.15) is 52.9 Å². The molecule has 3 atom stereocenters. The molecule has 1 saturated heterocycles. The number of aliphatic hydroxyl groups excluding tert-OH is 1. The van der Waals surface area contributed by atoms with E-state index in [1.807, 2.05) is 174 Å². The Morgan fingerprint density at radius 1 is 0.573 bits per heavy atom. The number of hydrogen-bond donors (Lipinski definition) is 2. The van der Waals surface area contributed by atoms with Crippen molar-refractivity contribution >= 4 is 17.0 Å². The molecule has 13 heteroatoms. The molecule has 0 bridgehead atoms. The Kier molecular flexibility index (Phi) is 15.2. The maximum absolute atomic E-state index is 11.6. The fraction of sp³-hybridized carbons (Fsp3) is 0.210. The van der Waals surface area contributed by atoms with Gasteiger partial charge in [-0.3, -0.25) is 4.57 Å². The van der Waals surface area contributed by atoms with Crippen molar-refractivity contribution in [3.63, 3.8) is 0 Å². The Morgan fingerprint density at radius 3 is 1.55 bits per heavy atom. The van der Waals surface area contributed by atoms with Gasteiger partial charge >= 0.3 is 0 Å². The first kappa shape index (κ1) is 50.0. The average Bonchev–Trinajstić information content (AvgIpc) is 4.09. The molecule has 1 fully saturated rings. The minimum Gasteiger partial charge on any atom is -0.497 e. The largest absolute Gasteiger partial charge is 0.497 e. The molecule has 0 amide bonds. The van der Waals surface area contributed by atoms with Crippen LogP contribution in [0.1, 0.15) is 57.2 Å². The molecule has 0 spiro atoms. The van der Waals surface area contributed by atoms with E-state index in [1.165, 1.54) is 6.33 Å². The minimum atomic E-state index is -1.08. The molecule has 1 aliphatic heterocycles. The van der Waals surface area contributed by atoms with Crippen LogP contribution in [0, 0.1) is 11.8 Å². The molecule has 0 aliphatic carbocycles. The van der Waals surface area contributed by atoms with Gasteiger partial charge in [0.25, 0.3) is 0 Å². The summed E-state index contributed by atoms with van der Waals surface area (Å²) in [5, 5.41) is 15.0. The first-order valence-corrected chi connectivity index (χ1v) is 24.7. The molecule has 3 heterocycles. The van der Waals surface area contributed by atoms with Crippen LogP contribution < -0.4 is 24.3 Å². The summed E-state index contributed by atoms with van der Waals surface area (Å²) in [6.45, 7) is 0.578. The van der Waals surface area contributed by atoms with Crippen molar-refractivity contribution in [3.05, 3.63) is 239 Å². The highest BCUT2D eigenvalue weighted by Crippen LogP contribution is 2.45. The zero-order valence-corrected chi connectivity index (χ0v) is 42.1.